The minimum atomic E-state index is -0.625. The van der Waals surface area contributed by atoms with E-state index in [1.807, 2.05) is 54.6 Å². The minimum Gasteiger partial charge on any atom is -0.493 e. The molecule has 0 radical (unpaired) electrons. The van der Waals surface area contributed by atoms with Crippen LogP contribution in [0.1, 0.15) is 21.5 Å². The number of ether oxygens (including phenoxy) is 3. The average molecular weight is 544 g/mol. The number of hydrogen-bond donors (Lipinski definition) is 0. The van der Waals surface area contributed by atoms with Crippen LogP contribution in [-0.2, 0) is 9.53 Å². The van der Waals surface area contributed by atoms with Crippen LogP contribution in [0.4, 0.5) is 0 Å². The van der Waals surface area contributed by atoms with Crippen LogP contribution in [0.15, 0.2) is 102 Å². The van der Waals surface area contributed by atoms with Crippen molar-refractivity contribution in [2.75, 3.05) is 7.11 Å². The van der Waals surface area contributed by atoms with Crippen LogP contribution < -0.4 is 9.47 Å². The molecule has 0 N–H and O–H groups in total. The second kappa shape index (κ2) is 10.9. The van der Waals surface area contributed by atoms with Gasteiger partial charge in [-0.05, 0) is 71.3 Å². The lowest BCUT2D eigenvalue weighted by molar-refractivity contribution is -0.129. The van der Waals surface area contributed by atoms with Crippen molar-refractivity contribution in [1.29, 1.82) is 0 Å². The highest BCUT2D eigenvalue weighted by atomic mass is 35.5. The topological polar surface area (TPSA) is 74.2 Å². The Morgan fingerprint density at radius 3 is 2.21 bits per heavy atom. The monoisotopic (exact) mass is 543 g/mol. The number of benzene rings is 4. The largest absolute Gasteiger partial charge is 0.493 e. The molecule has 5 rings (SSSR count). The van der Waals surface area contributed by atoms with E-state index in [2.05, 4.69) is 4.99 Å². The number of nitrogens with zero attached hydrogens (tertiary/aromatic N) is 1. The minimum absolute atomic E-state index is 0.0490. The number of methoxy groups -OCH3 is 1. The van der Waals surface area contributed by atoms with Gasteiger partial charge in [0.25, 0.3) is 0 Å². The van der Waals surface area contributed by atoms with Gasteiger partial charge in [-0.2, -0.15) is 0 Å². The van der Waals surface area contributed by atoms with E-state index in [1.165, 1.54) is 19.3 Å². The smallest absolute Gasteiger partial charge is 0.363 e. The van der Waals surface area contributed by atoms with Crippen molar-refractivity contribution in [2.24, 2.45) is 4.99 Å². The van der Waals surface area contributed by atoms with Crippen molar-refractivity contribution < 1.29 is 23.8 Å². The molecule has 0 fully saturated rings. The fourth-order valence-electron chi connectivity index (χ4n) is 3.79. The number of halogens is 2. The molecular weight excluding hydrogens is 525 g/mol. The van der Waals surface area contributed by atoms with Gasteiger partial charge in [-0.15, -0.1) is 0 Å². The lowest BCUT2D eigenvalue weighted by atomic mass is 10.0. The Morgan fingerprint density at radius 2 is 1.53 bits per heavy atom. The molecule has 1 heterocycles. The lowest BCUT2D eigenvalue weighted by Crippen LogP contribution is -2.09. The molecule has 0 aliphatic carbocycles. The first kappa shape index (κ1) is 25.3. The molecule has 8 heteroatoms. The molecular formula is C30H19Cl2NO5. The second-order valence-electron chi connectivity index (χ2n) is 8.21. The predicted octanol–water partition coefficient (Wildman–Crippen LogP) is 7.23. The molecule has 0 unspecified atom stereocenters. The van der Waals surface area contributed by atoms with E-state index >= 15 is 0 Å². The lowest BCUT2D eigenvalue weighted by Gasteiger charge is -2.12. The zero-order chi connectivity index (χ0) is 26.6. The van der Waals surface area contributed by atoms with Crippen molar-refractivity contribution in [3.63, 3.8) is 0 Å². The third-order valence-electron chi connectivity index (χ3n) is 5.69. The number of carbonyl (C=O) groups excluding carboxylic acids is 2. The van der Waals surface area contributed by atoms with Crippen LogP contribution in [0.3, 0.4) is 0 Å². The van der Waals surface area contributed by atoms with Crippen LogP contribution in [0.5, 0.6) is 11.5 Å². The molecule has 188 valence electrons. The van der Waals surface area contributed by atoms with Gasteiger partial charge in [-0.1, -0.05) is 65.7 Å². The highest BCUT2D eigenvalue weighted by molar-refractivity contribution is 6.32. The van der Waals surface area contributed by atoms with Crippen LogP contribution in [-0.4, -0.2) is 24.9 Å². The molecule has 0 saturated heterocycles. The van der Waals surface area contributed by atoms with E-state index in [0.29, 0.717) is 21.7 Å². The van der Waals surface area contributed by atoms with Gasteiger partial charge in [-0.25, -0.2) is 14.6 Å². The summed E-state index contributed by atoms with van der Waals surface area (Å²) >= 11 is 12.3. The Hall–Kier alpha value is -4.39. The van der Waals surface area contributed by atoms with E-state index in [0.717, 1.165) is 11.1 Å². The number of rotatable bonds is 6. The van der Waals surface area contributed by atoms with Gasteiger partial charge in [0.05, 0.1) is 17.7 Å². The summed E-state index contributed by atoms with van der Waals surface area (Å²) in [5.74, 6) is -0.764. The molecule has 4 aromatic carbocycles. The number of carbonyl (C=O) groups is 2. The van der Waals surface area contributed by atoms with E-state index in [9.17, 15) is 9.59 Å². The predicted molar refractivity (Wildman–Crippen MR) is 147 cm³/mol. The number of aliphatic imine (C=N–C) groups is 1. The summed E-state index contributed by atoms with van der Waals surface area (Å²) in [6, 6.07) is 26.9. The number of hydrogen-bond acceptors (Lipinski definition) is 6. The van der Waals surface area contributed by atoms with E-state index in [-0.39, 0.29) is 28.1 Å². The highest BCUT2D eigenvalue weighted by Crippen LogP contribution is 2.38. The summed E-state index contributed by atoms with van der Waals surface area (Å²) in [4.78, 5) is 29.5. The maximum atomic E-state index is 12.6. The normalized spacial score (nSPS) is 13.7. The standard InChI is InChI=1S/C30H19Cl2NO5/c1-36-26-17-18(15-24(32)27(26)37-29(34)22-11-13-23(31)14-12-22)16-25-30(35)38-28(33-25)21-9-7-20(8-10-21)19-5-3-2-4-6-19/h2-17H,1H3/b25-16-. The van der Waals surface area contributed by atoms with Gasteiger partial charge in [0.15, 0.2) is 17.2 Å². The van der Waals surface area contributed by atoms with Crippen molar-refractivity contribution >= 4 is 47.1 Å². The summed E-state index contributed by atoms with van der Waals surface area (Å²) in [6.45, 7) is 0. The molecule has 0 atom stereocenters. The molecule has 38 heavy (non-hydrogen) atoms. The Bertz CT molecular complexity index is 1580. The molecule has 0 amide bonds. The zero-order valence-corrected chi connectivity index (χ0v) is 21.5. The van der Waals surface area contributed by atoms with Gasteiger partial charge < -0.3 is 14.2 Å². The van der Waals surface area contributed by atoms with Crippen LogP contribution in [0.2, 0.25) is 10.0 Å². The maximum Gasteiger partial charge on any atom is 0.363 e. The molecule has 0 spiro atoms. The summed E-state index contributed by atoms with van der Waals surface area (Å²) in [6.07, 6.45) is 1.52. The van der Waals surface area contributed by atoms with Crippen molar-refractivity contribution in [2.45, 2.75) is 0 Å². The molecule has 1 aliphatic rings. The Balaban J connectivity index is 1.38. The maximum absolute atomic E-state index is 12.6. The second-order valence-corrected chi connectivity index (χ2v) is 9.05. The van der Waals surface area contributed by atoms with Crippen LogP contribution in [0.25, 0.3) is 17.2 Å². The Kier molecular flexibility index (Phi) is 7.26. The zero-order valence-electron chi connectivity index (χ0n) is 20.0. The van der Waals surface area contributed by atoms with Gasteiger partial charge in [0.1, 0.15) is 0 Å². The fraction of sp³-hybridized carbons (Fsp3) is 0.0333. The Labute approximate surface area is 228 Å². The van der Waals surface area contributed by atoms with E-state index < -0.39 is 11.9 Å². The van der Waals surface area contributed by atoms with E-state index in [4.69, 9.17) is 37.4 Å². The number of esters is 2. The van der Waals surface area contributed by atoms with Crippen molar-refractivity contribution in [3.05, 3.63) is 123 Å². The first-order valence-electron chi connectivity index (χ1n) is 11.4. The first-order chi connectivity index (χ1) is 18.4. The average Bonchev–Trinajstić information content (AvgIpc) is 3.30. The quantitative estimate of drug-likeness (QED) is 0.145. The summed E-state index contributed by atoms with van der Waals surface area (Å²) < 4.78 is 16.3. The molecule has 0 aromatic heterocycles. The van der Waals surface area contributed by atoms with Crippen molar-refractivity contribution in [1.82, 2.24) is 0 Å². The SMILES string of the molecule is COc1cc(/C=C2\N=C(c3ccc(-c4ccccc4)cc3)OC2=O)cc(Cl)c1OC(=O)c1ccc(Cl)cc1. The molecule has 1 aliphatic heterocycles. The fourth-order valence-corrected chi connectivity index (χ4v) is 4.17. The summed E-state index contributed by atoms with van der Waals surface area (Å²) in [7, 11) is 1.42. The third kappa shape index (κ3) is 5.47. The van der Waals surface area contributed by atoms with Gasteiger partial charge in [0.2, 0.25) is 5.90 Å². The van der Waals surface area contributed by atoms with Crippen molar-refractivity contribution in [3.8, 4) is 22.6 Å². The molecule has 0 saturated carbocycles. The molecule has 6 nitrogen and oxygen atoms in total. The summed E-state index contributed by atoms with van der Waals surface area (Å²) in [5.41, 5.74) is 3.69. The van der Waals surface area contributed by atoms with Gasteiger partial charge >= 0.3 is 11.9 Å². The van der Waals surface area contributed by atoms with Crippen LogP contribution in [0, 0.1) is 0 Å². The molecule has 0 bridgehead atoms. The highest BCUT2D eigenvalue weighted by Gasteiger charge is 2.25. The van der Waals surface area contributed by atoms with Gasteiger partial charge in [0, 0.05) is 10.6 Å². The third-order valence-corrected chi connectivity index (χ3v) is 6.22. The van der Waals surface area contributed by atoms with Gasteiger partial charge in [-0.3, -0.25) is 0 Å². The first-order valence-corrected chi connectivity index (χ1v) is 12.2. The van der Waals surface area contributed by atoms with E-state index in [1.54, 1.807) is 30.3 Å². The summed E-state index contributed by atoms with van der Waals surface area (Å²) in [5, 5.41) is 0.612. The van der Waals surface area contributed by atoms with Crippen LogP contribution >= 0.6 is 23.2 Å². The number of cyclic esters (lactones) is 1. The Morgan fingerprint density at radius 1 is 0.868 bits per heavy atom. The molecule has 4 aromatic rings.